The molecule has 0 spiro atoms. The molecule has 4 atom stereocenters. The monoisotopic (exact) mass is 258 g/mol. The van der Waals surface area contributed by atoms with Crippen LogP contribution >= 0.6 is 0 Å². The van der Waals surface area contributed by atoms with Gasteiger partial charge in [0.05, 0.1) is 0 Å². The lowest BCUT2D eigenvalue weighted by atomic mass is 9.52. The first-order valence-electron chi connectivity index (χ1n) is 8.28. The summed E-state index contributed by atoms with van der Waals surface area (Å²) in [6.45, 7) is 11.5. The second kappa shape index (κ2) is 4.50. The molecular formula is C19H30. The Morgan fingerprint density at radius 3 is 2.74 bits per heavy atom. The molecule has 3 aliphatic rings. The van der Waals surface area contributed by atoms with Crippen LogP contribution in [0.1, 0.15) is 65.7 Å². The fraction of sp³-hybridized carbons (Fsp3) is 0.789. The van der Waals surface area contributed by atoms with Crippen molar-refractivity contribution in [1.82, 2.24) is 0 Å². The van der Waals surface area contributed by atoms with Crippen LogP contribution in [0.5, 0.6) is 0 Å². The standard InChI is InChI=1S/C19H30/c1-5-19(4)12-10-15-14(13-19)8-9-17-16(15)7-6-11-18(17,2)3/h5,8,15-17H,1,6-7,9-13H2,2-4H3. The Labute approximate surface area is 119 Å². The predicted molar refractivity (Wildman–Crippen MR) is 83.0 cm³/mol. The van der Waals surface area contributed by atoms with Gasteiger partial charge >= 0.3 is 0 Å². The fourth-order valence-corrected chi connectivity index (χ4v) is 5.26. The van der Waals surface area contributed by atoms with Gasteiger partial charge in [-0.05, 0) is 67.1 Å². The molecule has 0 nitrogen and oxygen atoms in total. The number of rotatable bonds is 1. The molecule has 0 aromatic heterocycles. The minimum Gasteiger partial charge on any atom is -0.103 e. The van der Waals surface area contributed by atoms with E-state index in [4.69, 9.17) is 0 Å². The van der Waals surface area contributed by atoms with Gasteiger partial charge in [-0.1, -0.05) is 44.9 Å². The van der Waals surface area contributed by atoms with E-state index in [1.54, 1.807) is 5.57 Å². The van der Waals surface area contributed by atoms with Crippen molar-refractivity contribution < 1.29 is 0 Å². The summed E-state index contributed by atoms with van der Waals surface area (Å²) in [7, 11) is 0. The zero-order valence-corrected chi connectivity index (χ0v) is 13.0. The Balaban J connectivity index is 1.86. The van der Waals surface area contributed by atoms with Crippen molar-refractivity contribution >= 4 is 0 Å². The minimum absolute atomic E-state index is 0.374. The van der Waals surface area contributed by atoms with Gasteiger partial charge in [-0.15, -0.1) is 6.58 Å². The summed E-state index contributed by atoms with van der Waals surface area (Å²) in [6, 6.07) is 0. The summed E-state index contributed by atoms with van der Waals surface area (Å²) in [5.41, 5.74) is 2.73. The summed E-state index contributed by atoms with van der Waals surface area (Å²) in [6.07, 6.45) is 14.6. The largest absolute Gasteiger partial charge is 0.103 e. The van der Waals surface area contributed by atoms with Gasteiger partial charge in [0, 0.05) is 0 Å². The van der Waals surface area contributed by atoms with Crippen LogP contribution in [0.25, 0.3) is 0 Å². The molecule has 0 bridgehead atoms. The maximum absolute atomic E-state index is 4.07. The van der Waals surface area contributed by atoms with E-state index >= 15 is 0 Å². The van der Waals surface area contributed by atoms with E-state index in [2.05, 4.69) is 39.5 Å². The van der Waals surface area contributed by atoms with Crippen molar-refractivity contribution in [2.24, 2.45) is 28.6 Å². The van der Waals surface area contributed by atoms with Gasteiger partial charge in [0.2, 0.25) is 0 Å². The lowest BCUT2D eigenvalue weighted by Crippen LogP contribution is -2.43. The summed E-state index contributed by atoms with van der Waals surface area (Å²) in [4.78, 5) is 0. The third-order valence-corrected chi connectivity index (χ3v) is 6.63. The Morgan fingerprint density at radius 2 is 2.00 bits per heavy atom. The zero-order chi connectivity index (χ0) is 13.7. The fourth-order valence-electron chi connectivity index (χ4n) is 5.26. The van der Waals surface area contributed by atoms with Gasteiger partial charge in [0.1, 0.15) is 0 Å². The molecule has 106 valence electrons. The number of allylic oxidation sites excluding steroid dienone is 3. The maximum Gasteiger partial charge on any atom is -0.0112 e. The number of hydrogen-bond donors (Lipinski definition) is 0. The second-order valence-electron chi connectivity index (χ2n) is 8.35. The van der Waals surface area contributed by atoms with E-state index in [9.17, 15) is 0 Å². The van der Waals surface area contributed by atoms with Crippen molar-refractivity contribution in [1.29, 1.82) is 0 Å². The molecule has 0 radical (unpaired) electrons. The Kier molecular flexibility index (Phi) is 3.19. The molecule has 0 aliphatic heterocycles. The average molecular weight is 258 g/mol. The van der Waals surface area contributed by atoms with E-state index in [1.807, 2.05) is 0 Å². The highest BCUT2D eigenvalue weighted by atomic mass is 14.5. The molecule has 0 aromatic carbocycles. The van der Waals surface area contributed by atoms with Crippen molar-refractivity contribution in [3.8, 4) is 0 Å². The Hall–Kier alpha value is -0.520. The molecule has 0 heterocycles. The first kappa shape index (κ1) is 13.5. The lowest BCUT2D eigenvalue weighted by Gasteiger charge is -2.52. The van der Waals surface area contributed by atoms with Crippen LogP contribution in [0.3, 0.4) is 0 Å². The Bertz CT molecular complexity index is 400. The van der Waals surface area contributed by atoms with Crippen LogP contribution < -0.4 is 0 Å². The SMILES string of the molecule is C=CC1(C)CCC2C(=CCC3C2CCCC3(C)C)C1. The van der Waals surface area contributed by atoms with Gasteiger partial charge in [0.15, 0.2) is 0 Å². The molecule has 3 aliphatic carbocycles. The molecule has 0 aromatic rings. The van der Waals surface area contributed by atoms with Crippen molar-refractivity contribution in [3.63, 3.8) is 0 Å². The van der Waals surface area contributed by atoms with Gasteiger partial charge in [0.25, 0.3) is 0 Å². The molecule has 0 heteroatoms. The first-order valence-corrected chi connectivity index (χ1v) is 8.28. The molecule has 2 saturated carbocycles. The topological polar surface area (TPSA) is 0 Å². The quantitative estimate of drug-likeness (QED) is 0.525. The van der Waals surface area contributed by atoms with Crippen LogP contribution in [0.2, 0.25) is 0 Å². The lowest BCUT2D eigenvalue weighted by molar-refractivity contribution is 0.0277. The molecule has 4 unspecified atom stereocenters. The molecule has 0 N–H and O–H groups in total. The number of hydrogen-bond acceptors (Lipinski definition) is 0. The molecule has 3 rings (SSSR count). The summed E-state index contributed by atoms with van der Waals surface area (Å²) in [5, 5.41) is 0. The van der Waals surface area contributed by atoms with E-state index < -0.39 is 0 Å². The zero-order valence-electron chi connectivity index (χ0n) is 13.0. The average Bonchev–Trinajstić information content (AvgIpc) is 2.37. The number of fused-ring (bicyclic) bond motifs is 3. The molecule has 19 heavy (non-hydrogen) atoms. The van der Waals surface area contributed by atoms with Crippen molar-refractivity contribution in [2.75, 3.05) is 0 Å². The summed E-state index contributed by atoms with van der Waals surface area (Å²) < 4.78 is 0. The third-order valence-electron chi connectivity index (χ3n) is 6.63. The molecule has 0 amide bonds. The van der Waals surface area contributed by atoms with E-state index in [0.29, 0.717) is 10.8 Å². The first-order chi connectivity index (χ1) is 8.95. The van der Waals surface area contributed by atoms with Gasteiger partial charge in [-0.2, -0.15) is 0 Å². The highest BCUT2D eigenvalue weighted by Gasteiger charge is 2.46. The summed E-state index contributed by atoms with van der Waals surface area (Å²) >= 11 is 0. The Morgan fingerprint density at radius 1 is 1.21 bits per heavy atom. The van der Waals surface area contributed by atoms with Crippen LogP contribution in [0, 0.1) is 28.6 Å². The summed E-state index contributed by atoms with van der Waals surface area (Å²) in [5.74, 6) is 2.84. The highest BCUT2D eigenvalue weighted by Crippen LogP contribution is 2.57. The van der Waals surface area contributed by atoms with Crippen molar-refractivity contribution in [3.05, 3.63) is 24.3 Å². The van der Waals surface area contributed by atoms with Crippen LogP contribution in [0.15, 0.2) is 24.3 Å². The smallest absolute Gasteiger partial charge is 0.0112 e. The van der Waals surface area contributed by atoms with Gasteiger partial charge < -0.3 is 0 Å². The normalized spacial score (nSPS) is 44.8. The van der Waals surface area contributed by atoms with Crippen LogP contribution in [0.4, 0.5) is 0 Å². The minimum atomic E-state index is 0.374. The molecule has 0 saturated heterocycles. The molecule has 2 fully saturated rings. The van der Waals surface area contributed by atoms with E-state index in [0.717, 1.165) is 17.8 Å². The third kappa shape index (κ3) is 2.22. The second-order valence-corrected chi connectivity index (χ2v) is 8.35. The van der Waals surface area contributed by atoms with Crippen LogP contribution in [-0.2, 0) is 0 Å². The predicted octanol–water partition coefficient (Wildman–Crippen LogP) is 5.75. The molecular weight excluding hydrogens is 228 g/mol. The van der Waals surface area contributed by atoms with Gasteiger partial charge in [-0.3, -0.25) is 0 Å². The maximum atomic E-state index is 4.07. The van der Waals surface area contributed by atoms with Crippen molar-refractivity contribution in [2.45, 2.75) is 65.7 Å². The van der Waals surface area contributed by atoms with Crippen LogP contribution in [-0.4, -0.2) is 0 Å². The van der Waals surface area contributed by atoms with Gasteiger partial charge in [-0.25, -0.2) is 0 Å². The van der Waals surface area contributed by atoms with E-state index in [-0.39, 0.29) is 0 Å². The highest BCUT2D eigenvalue weighted by molar-refractivity contribution is 5.22. The van der Waals surface area contributed by atoms with E-state index in [1.165, 1.54) is 44.9 Å².